The Balaban J connectivity index is 2.07. The maximum absolute atomic E-state index is 6.18. The molecule has 0 amide bonds. The molecule has 0 radical (unpaired) electrons. The number of anilines is 1. The van der Waals surface area contributed by atoms with Crippen molar-refractivity contribution < 1.29 is 0 Å². The van der Waals surface area contributed by atoms with Crippen LogP contribution < -0.4 is 17.2 Å². The summed E-state index contributed by atoms with van der Waals surface area (Å²) in [5.41, 5.74) is 20.8. The van der Waals surface area contributed by atoms with Crippen LogP contribution in [-0.4, -0.2) is 21.9 Å². The van der Waals surface area contributed by atoms with Crippen molar-refractivity contribution >= 4 is 22.3 Å². The Morgan fingerprint density at radius 2 is 2.30 bits per heavy atom. The third-order valence-corrected chi connectivity index (χ3v) is 5.36. The summed E-state index contributed by atoms with van der Waals surface area (Å²) in [6.07, 6.45) is 7.60. The van der Waals surface area contributed by atoms with Gasteiger partial charge in [0.15, 0.2) is 5.13 Å². The summed E-state index contributed by atoms with van der Waals surface area (Å²) in [4.78, 5) is 9.32. The van der Waals surface area contributed by atoms with E-state index < -0.39 is 0 Å². The average molecular weight is 330 g/mol. The number of hydrogen-bond donors (Lipinski definition) is 3. The zero-order valence-electron chi connectivity index (χ0n) is 13.2. The Kier molecular flexibility index (Phi) is 4.23. The minimum absolute atomic E-state index is 0.466. The predicted molar refractivity (Wildman–Crippen MR) is 96.4 cm³/mol. The molecule has 0 aliphatic heterocycles. The normalized spacial score (nSPS) is 21.2. The molecule has 6 nitrogen and oxygen atoms in total. The van der Waals surface area contributed by atoms with Crippen LogP contribution in [0.15, 0.2) is 30.2 Å². The van der Waals surface area contributed by atoms with Crippen LogP contribution in [0.5, 0.6) is 0 Å². The summed E-state index contributed by atoms with van der Waals surface area (Å²) < 4.78 is 2.29. The lowest BCUT2D eigenvalue weighted by molar-refractivity contribution is 0.202. The van der Waals surface area contributed by atoms with E-state index in [1.807, 2.05) is 0 Å². The zero-order valence-corrected chi connectivity index (χ0v) is 14.0. The topological polar surface area (TPSA) is 108 Å². The molecule has 2 aromatic rings. The monoisotopic (exact) mass is 330 g/mol. The molecule has 1 aliphatic rings. The summed E-state index contributed by atoms with van der Waals surface area (Å²) in [7, 11) is 0. The van der Waals surface area contributed by atoms with E-state index in [4.69, 9.17) is 17.2 Å². The van der Waals surface area contributed by atoms with Crippen molar-refractivity contribution in [2.24, 2.45) is 22.4 Å². The van der Waals surface area contributed by atoms with Crippen molar-refractivity contribution in [1.82, 2.24) is 9.55 Å². The van der Waals surface area contributed by atoms with Gasteiger partial charge in [-0.3, -0.25) is 0 Å². The van der Waals surface area contributed by atoms with Crippen molar-refractivity contribution in [3.63, 3.8) is 0 Å². The highest BCUT2D eigenvalue weighted by molar-refractivity contribution is 7.18. The molecule has 23 heavy (non-hydrogen) atoms. The van der Waals surface area contributed by atoms with E-state index in [1.54, 1.807) is 6.20 Å². The van der Waals surface area contributed by atoms with Crippen LogP contribution in [0, 0.1) is 12.8 Å². The molecule has 1 aliphatic carbocycles. The second-order valence-corrected chi connectivity index (χ2v) is 6.96. The van der Waals surface area contributed by atoms with Crippen molar-refractivity contribution in [2.45, 2.75) is 25.8 Å². The standard InChI is InChI=1S/C16H22N6S/c1-3-20-15(18)14-9(2)22(11-4-10(5-11)6-17)8-12(14)13-7-21-16(19)23-13/h3,7-8,10-11H,1,4-6,17H2,2H3,(H2,18,20)(H2,19,21). The number of hydrogen-bond acceptors (Lipinski definition) is 5. The molecule has 0 aromatic carbocycles. The summed E-state index contributed by atoms with van der Waals surface area (Å²) in [5, 5.41) is 0.544. The predicted octanol–water partition coefficient (Wildman–Crippen LogP) is 2.26. The van der Waals surface area contributed by atoms with Crippen LogP contribution >= 0.6 is 11.3 Å². The molecule has 0 bridgehead atoms. The molecular formula is C16H22N6S. The van der Waals surface area contributed by atoms with E-state index in [-0.39, 0.29) is 0 Å². The third kappa shape index (κ3) is 2.77. The summed E-state index contributed by atoms with van der Waals surface area (Å²) in [5.74, 6) is 1.08. The van der Waals surface area contributed by atoms with Crippen molar-refractivity contribution in [1.29, 1.82) is 0 Å². The van der Waals surface area contributed by atoms with Gasteiger partial charge in [-0.1, -0.05) is 17.9 Å². The fraction of sp³-hybridized carbons (Fsp3) is 0.375. The molecule has 0 atom stereocenters. The first kappa shape index (κ1) is 15.8. The number of nitrogens with zero attached hydrogens (tertiary/aromatic N) is 3. The number of amidine groups is 1. The fourth-order valence-corrected chi connectivity index (χ4v) is 3.91. The summed E-state index contributed by atoms with van der Waals surface area (Å²) in [6, 6.07) is 0.470. The van der Waals surface area contributed by atoms with Crippen LogP contribution in [0.4, 0.5) is 5.13 Å². The van der Waals surface area contributed by atoms with E-state index >= 15 is 0 Å². The lowest BCUT2D eigenvalue weighted by Crippen LogP contribution is -2.32. The molecule has 2 heterocycles. The van der Waals surface area contributed by atoms with E-state index in [9.17, 15) is 0 Å². The van der Waals surface area contributed by atoms with E-state index in [1.165, 1.54) is 17.5 Å². The van der Waals surface area contributed by atoms with Gasteiger partial charge in [-0.15, -0.1) is 0 Å². The lowest BCUT2D eigenvalue weighted by Gasteiger charge is -2.36. The van der Waals surface area contributed by atoms with Gasteiger partial charge in [-0.2, -0.15) is 0 Å². The molecular weight excluding hydrogens is 308 g/mol. The molecule has 2 aromatic heterocycles. The van der Waals surface area contributed by atoms with Crippen LogP contribution in [0.1, 0.15) is 30.1 Å². The van der Waals surface area contributed by atoms with Crippen molar-refractivity contribution in [3.8, 4) is 10.4 Å². The highest BCUT2D eigenvalue weighted by Gasteiger charge is 2.32. The van der Waals surface area contributed by atoms with Gasteiger partial charge >= 0.3 is 0 Å². The number of nitrogens with two attached hydrogens (primary N) is 3. The molecule has 0 spiro atoms. The minimum atomic E-state index is 0.466. The lowest BCUT2D eigenvalue weighted by atomic mass is 9.80. The van der Waals surface area contributed by atoms with Gasteiger partial charge in [0.25, 0.3) is 0 Å². The quantitative estimate of drug-likeness (QED) is 0.577. The summed E-state index contributed by atoms with van der Waals surface area (Å²) >= 11 is 1.45. The maximum atomic E-state index is 6.18. The molecule has 7 heteroatoms. The van der Waals surface area contributed by atoms with Gasteiger partial charge in [-0.05, 0) is 32.2 Å². The van der Waals surface area contributed by atoms with Crippen molar-refractivity contribution in [3.05, 3.63) is 36.4 Å². The molecule has 1 saturated carbocycles. The highest BCUT2D eigenvalue weighted by Crippen LogP contribution is 2.41. The molecule has 0 unspecified atom stereocenters. The highest BCUT2D eigenvalue weighted by atomic mass is 32.1. The molecule has 1 fully saturated rings. The van der Waals surface area contributed by atoms with Gasteiger partial charge < -0.3 is 21.8 Å². The van der Waals surface area contributed by atoms with E-state index in [0.717, 1.165) is 41.1 Å². The Morgan fingerprint density at radius 1 is 1.57 bits per heavy atom. The van der Waals surface area contributed by atoms with Crippen molar-refractivity contribution in [2.75, 3.05) is 12.3 Å². The average Bonchev–Trinajstić information content (AvgIpc) is 3.03. The number of aromatic nitrogens is 2. The maximum Gasteiger partial charge on any atom is 0.180 e. The first-order valence-electron chi connectivity index (χ1n) is 7.62. The number of nitrogen functional groups attached to an aromatic ring is 1. The van der Waals surface area contributed by atoms with Gasteiger partial charge in [0.1, 0.15) is 5.84 Å². The number of rotatable bonds is 5. The number of aliphatic imine (C=N–C) groups is 1. The molecule has 0 saturated heterocycles. The zero-order chi connectivity index (χ0) is 16.6. The Bertz CT molecular complexity index is 751. The summed E-state index contributed by atoms with van der Waals surface area (Å²) in [6.45, 7) is 6.46. The van der Waals surface area contributed by atoms with E-state index in [2.05, 4.69) is 34.2 Å². The van der Waals surface area contributed by atoms with Crippen LogP contribution in [0.25, 0.3) is 10.4 Å². The Hall–Kier alpha value is -2.12. The second kappa shape index (κ2) is 6.17. The van der Waals surface area contributed by atoms with Gasteiger partial charge in [-0.25, -0.2) is 9.98 Å². The SMILES string of the molecule is C=CN=C(N)c1c(-c2cnc(N)s2)cn(C2CC(CN)C2)c1C. The molecule has 122 valence electrons. The molecule has 3 rings (SSSR count). The Morgan fingerprint density at radius 3 is 2.87 bits per heavy atom. The van der Waals surface area contributed by atoms with Crippen LogP contribution in [0.2, 0.25) is 0 Å². The molecule has 6 N–H and O–H groups in total. The number of thiazole rings is 1. The van der Waals surface area contributed by atoms with E-state index in [0.29, 0.717) is 22.9 Å². The van der Waals surface area contributed by atoms with Crippen LogP contribution in [0.3, 0.4) is 0 Å². The smallest absolute Gasteiger partial charge is 0.180 e. The van der Waals surface area contributed by atoms with Crippen LogP contribution in [-0.2, 0) is 0 Å². The second-order valence-electron chi connectivity index (χ2n) is 5.90. The Labute approximate surface area is 139 Å². The largest absolute Gasteiger partial charge is 0.383 e. The van der Waals surface area contributed by atoms with Gasteiger partial charge in [0.05, 0.1) is 4.88 Å². The fourth-order valence-electron chi connectivity index (χ4n) is 3.21. The third-order valence-electron chi connectivity index (χ3n) is 4.50. The van der Waals surface area contributed by atoms with Gasteiger partial charge in [0, 0.05) is 41.5 Å². The van der Waals surface area contributed by atoms with Gasteiger partial charge in [0.2, 0.25) is 0 Å². The first-order chi connectivity index (χ1) is 11.0. The first-order valence-corrected chi connectivity index (χ1v) is 8.44. The minimum Gasteiger partial charge on any atom is -0.383 e.